The average Bonchev–Trinajstić information content (AvgIpc) is 2.74. The van der Waals surface area contributed by atoms with Crippen molar-refractivity contribution < 1.29 is 0 Å². The smallest absolute Gasteiger partial charge is 0.0661 e. The zero-order chi connectivity index (χ0) is 20.8. The third-order valence-corrected chi connectivity index (χ3v) is 6.03. The van der Waals surface area contributed by atoms with Gasteiger partial charge in [0.15, 0.2) is 0 Å². The molecule has 0 bridgehead atoms. The number of aryl methyl sites for hydroxylation is 2. The van der Waals surface area contributed by atoms with Crippen LogP contribution in [0.4, 0.5) is 5.69 Å². The highest BCUT2D eigenvalue weighted by molar-refractivity contribution is 5.74. The van der Waals surface area contributed by atoms with Crippen LogP contribution in [0.25, 0.3) is 5.57 Å². The monoisotopic (exact) mass is 386 g/mol. The third kappa shape index (κ3) is 5.33. The molecule has 0 spiro atoms. The Labute approximate surface area is 176 Å². The van der Waals surface area contributed by atoms with E-state index in [1.807, 2.05) is 0 Å². The van der Waals surface area contributed by atoms with Crippen molar-refractivity contribution in [2.75, 3.05) is 13.1 Å². The van der Waals surface area contributed by atoms with Crippen LogP contribution >= 0.6 is 0 Å². The van der Waals surface area contributed by atoms with Crippen molar-refractivity contribution in [1.29, 1.82) is 0 Å². The van der Waals surface area contributed by atoms with Gasteiger partial charge in [-0.2, -0.15) is 0 Å². The van der Waals surface area contributed by atoms with Gasteiger partial charge in [-0.15, -0.1) is 0 Å². The standard InChI is InChI=1S/C27H34N2/c1-6-14-28-27-17-22(9-8-21(27)5)19-29-15-12-24(13-16-29)25-10-11-26(20(3)4)23(7-2)18-25/h6,8-11,14,17-18,24H,1,3,7,12-13,15-16,19H2,2,4-5H3. The van der Waals surface area contributed by atoms with E-state index < -0.39 is 0 Å². The van der Waals surface area contributed by atoms with Crippen LogP contribution < -0.4 is 0 Å². The molecule has 1 fully saturated rings. The summed E-state index contributed by atoms with van der Waals surface area (Å²) in [4.78, 5) is 7.07. The first-order chi connectivity index (χ1) is 14.0. The van der Waals surface area contributed by atoms with Gasteiger partial charge >= 0.3 is 0 Å². The number of hydrogen-bond donors (Lipinski definition) is 0. The Morgan fingerprint density at radius 2 is 1.93 bits per heavy atom. The van der Waals surface area contributed by atoms with Gasteiger partial charge in [0.1, 0.15) is 0 Å². The van der Waals surface area contributed by atoms with Gasteiger partial charge in [0.2, 0.25) is 0 Å². The molecular weight excluding hydrogens is 352 g/mol. The predicted octanol–water partition coefficient (Wildman–Crippen LogP) is 6.86. The summed E-state index contributed by atoms with van der Waals surface area (Å²) in [6.45, 7) is 17.6. The fourth-order valence-corrected chi connectivity index (χ4v) is 4.28. The molecule has 1 aliphatic rings. The maximum absolute atomic E-state index is 4.50. The van der Waals surface area contributed by atoms with E-state index in [1.54, 1.807) is 12.3 Å². The minimum absolute atomic E-state index is 0.668. The molecule has 0 aliphatic carbocycles. The summed E-state index contributed by atoms with van der Waals surface area (Å²) in [6, 6.07) is 13.7. The molecule has 152 valence electrons. The molecule has 2 aromatic rings. The number of hydrogen-bond acceptors (Lipinski definition) is 2. The molecule has 0 amide bonds. The number of piperidine rings is 1. The van der Waals surface area contributed by atoms with Crippen molar-refractivity contribution in [3.63, 3.8) is 0 Å². The lowest BCUT2D eigenvalue weighted by Crippen LogP contribution is -2.32. The van der Waals surface area contributed by atoms with Crippen LogP contribution in [0.1, 0.15) is 60.4 Å². The van der Waals surface area contributed by atoms with Crippen LogP contribution in [0.5, 0.6) is 0 Å². The Hall–Kier alpha value is -2.45. The number of nitrogens with zero attached hydrogens (tertiary/aromatic N) is 2. The van der Waals surface area contributed by atoms with Crippen LogP contribution in [-0.4, -0.2) is 24.2 Å². The summed E-state index contributed by atoms with van der Waals surface area (Å²) < 4.78 is 0. The van der Waals surface area contributed by atoms with E-state index in [0.29, 0.717) is 5.92 Å². The van der Waals surface area contributed by atoms with E-state index in [2.05, 4.69) is 80.2 Å². The zero-order valence-electron chi connectivity index (χ0n) is 18.2. The minimum Gasteiger partial charge on any atom is -0.299 e. The summed E-state index contributed by atoms with van der Waals surface area (Å²) in [7, 11) is 0. The summed E-state index contributed by atoms with van der Waals surface area (Å²) in [5.74, 6) is 0.668. The molecule has 0 aromatic heterocycles. The van der Waals surface area contributed by atoms with E-state index in [1.165, 1.54) is 40.7 Å². The molecule has 1 heterocycles. The van der Waals surface area contributed by atoms with Gasteiger partial charge in [-0.05, 0) is 86.0 Å². The third-order valence-electron chi connectivity index (χ3n) is 6.03. The number of allylic oxidation sites excluding steroid dienone is 2. The first-order valence-corrected chi connectivity index (χ1v) is 10.8. The largest absolute Gasteiger partial charge is 0.299 e. The molecular formula is C27H34N2. The highest BCUT2D eigenvalue weighted by atomic mass is 15.1. The normalized spacial score (nSPS) is 15.7. The highest BCUT2D eigenvalue weighted by Crippen LogP contribution is 2.32. The summed E-state index contributed by atoms with van der Waals surface area (Å²) in [5, 5.41) is 0. The number of likely N-dealkylation sites (tertiary alicyclic amines) is 1. The van der Waals surface area contributed by atoms with Crippen LogP contribution in [0.15, 0.2) is 60.6 Å². The maximum Gasteiger partial charge on any atom is 0.0661 e. The van der Waals surface area contributed by atoms with Crippen LogP contribution in [-0.2, 0) is 13.0 Å². The van der Waals surface area contributed by atoms with Gasteiger partial charge in [0.25, 0.3) is 0 Å². The summed E-state index contributed by atoms with van der Waals surface area (Å²) in [5.41, 5.74) is 9.01. The van der Waals surface area contributed by atoms with Crippen LogP contribution in [0.2, 0.25) is 0 Å². The van der Waals surface area contributed by atoms with E-state index in [9.17, 15) is 0 Å². The molecule has 29 heavy (non-hydrogen) atoms. The van der Waals surface area contributed by atoms with Gasteiger partial charge < -0.3 is 0 Å². The second-order valence-electron chi connectivity index (χ2n) is 8.24. The molecule has 0 saturated carbocycles. The first kappa shape index (κ1) is 21.3. The Morgan fingerprint density at radius 1 is 1.17 bits per heavy atom. The SMILES string of the molecule is C=CC=Nc1cc(CN2CCC(c3ccc(C(=C)C)c(CC)c3)CC2)ccc1C. The second kappa shape index (κ2) is 9.84. The molecule has 1 saturated heterocycles. The molecule has 0 unspecified atom stereocenters. The van der Waals surface area contributed by atoms with Crippen molar-refractivity contribution in [2.45, 2.75) is 52.5 Å². The van der Waals surface area contributed by atoms with Crippen LogP contribution in [0, 0.1) is 6.92 Å². The van der Waals surface area contributed by atoms with E-state index in [4.69, 9.17) is 0 Å². The van der Waals surface area contributed by atoms with E-state index in [0.717, 1.165) is 37.3 Å². The molecule has 1 aliphatic heterocycles. The molecule has 2 nitrogen and oxygen atoms in total. The summed E-state index contributed by atoms with van der Waals surface area (Å²) >= 11 is 0. The number of aliphatic imine (C=N–C) groups is 1. The lowest BCUT2D eigenvalue weighted by molar-refractivity contribution is 0.204. The van der Waals surface area contributed by atoms with Crippen LogP contribution in [0.3, 0.4) is 0 Å². The molecule has 3 rings (SSSR count). The van der Waals surface area contributed by atoms with Gasteiger partial charge in [0, 0.05) is 12.8 Å². The highest BCUT2D eigenvalue weighted by Gasteiger charge is 2.21. The van der Waals surface area contributed by atoms with Gasteiger partial charge in [-0.1, -0.05) is 62.1 Å². The lowest BCUT2D eigenvalue weighted by atomic mass is 9.86. The average molecular weight is 387 g/mol. The fourth-order valence-electron chi connectivity index (χ4n) is 4.28. The fraction of sp³-hybridized carbons (Fsp3) is 0.370. The Bertz CT molecular complexity index is 899. The van der Waals surface area contributed by atoms with E-state index in [-0.39, 0.29) is 0 Å². The molecule has 0 N–H and O–H groups in total. The summed E-state index contributed by atoms with van der Waals surface area (Å²) in [6.07, 6.45) is 7.01. The van der Waals surface area contributed by atoms with Crippen molar-refractivity contribution in [3.05, 3.63) is 83.4 Å². The molecule has 2 heteroatoms. The second-order valence-corrected chi connectivity index (χ2v) is 8.24. The van der Waals surface area contributed by atoms with Crippen molar-refractivity contribution >= 4 is 17.5 Å². The first-order valence-electron chi connectivity index (χ1n) is 10.8. The van der Waals surface area contributed by atoms with Crippen molar-refractivity contribution in [3.8, 4) is 0 Å². The van der Waals surface area contributed by atoms with Gasteiger partial charge in [-0.3, -0.25) is 9.89 Å². The zero-order valence-corrected chi connectivity index (χ0v) is 18.2. The predicted molar refractivity (Wildman–Crippen MR) is 127 cm³/mol. The van der Waals surface area contributed by atoms with Gasteiger partial charge in [0.05, 0.1) is 5.69 Å². The lowest BCUT2D eigenvalue weighted by Gasteiger charge is -2.32. The minimum atomic E-state index is 0.668. The maximum atomic E-state index is 4.50. The Kier molecular flexibility index (Phi) is 7.22. The quantitative estimate of drug-likeness (QED) is 0.475. The molecule has 0 atom stereocenters. The number of benzene rings is 2. The molecule has 0 radical (unpaired) electrons. The van der Waals surface area contributed by atoms with Crippen molar-refractivity contribution in [1.82, 2.24) is 4.90 Å². The number of rotatable bonds is 7. The molecule has 2 aromatic carbocycles. The van der Waals surface area contributed by atoms with Gasteiger partial charge in [-0.25, -0.2) is 0 Å². The van der Waals surface area contributed by atoms with Crippen molar-refractivity contribution in [2.24, 2.45) is 4.99 Å². The van der Waals surface area contributed by atoms with E-state index >= 15 is 0 Å². The topological polar surface area (TPSA) is 15.6 Å². The Morgan fingerprint density at radius 3 is 2.59 bits per heavy atom. The Balaban J connectivity index is 1.63.